The molecule has 0 bridgehead atoms. The van der Waals surface area contributed by atoms with Crippen molar-refractivity contribution in [1.82, 2.24) is 0 Å². The van der Waals surface area contributed by atoms with Gasteiger partial charge in [-0.3, -0.25) is 4.99 Å². The molecule has 78 valence electrons. The summed E-state index contributed by atoms with van der Waals surface area (Å²) < 4.78 is 5.01. The van der Waals surface area contributed by atoms with Gasteiger partial charge in [0.25, 0.3) is 0 Å². The quantitative estimate of drug-likeness (QED) is 0.555. The van der Waals surface area contributed by atoms with E-state index >= 15 is 0 Å². The molecule has 0 spiro atoms. The molecule has 0 saturated heterocycles. The third-order valence-electron chi connectivity index (χ3n) is 1.70. The number of aliphatic imine (C=N–C) groups is 1. The van der Waals surface area contributed by atoms with E-state index in [2.05, 4.69) is 4.99 Å². The zero-order valence-corrected chi connectivity index (χ0v) is 7.74. The van der Waals surface area contributed by atoms with E-state index in [9.17, 15) is 0 Å². The first-order valence-electron chi connectivity index (χ1n) is 3.84. The molecule has 0 fully saturated rings. The molecule has 0 aliphatic heterocycles. The summed E-state index contributed by atoms with van der Waals surface area (Å²) in [7, 11) is 3.23. The van der Waals surface area contributed by atoms with Crippen LogP contribution in [0.4, 0.5) is 11.4 Å². The summed E-state index contributed by atoms with van der Waals surface area (Å²) in [6.07, 6.45) is 1.66. The molecule has 1 aromatic carbocycles. The van der Waals surface area contributed by atoms with Crippen LogP contribution in [0.1, 0.15) is 13.0 Å². The summed E-state index contributed by atoms with van der Waals surface area (Å²) in [6, 6.07) is 3.42. The molecule has 0 unspecified atom stereocenters. The summed E-state index contributed by atoms with van der Waals surface area (Å²) in [5.74, 6) is 0.589. The molecule has 1 rings (SSSR count). The zero-order chi connectivity index (χ0) is 9.84. The Kier molecular flexibility index (Phi) is 4.49. The molecule has 4 heteroatoms. The van der Waals surface area contributed by atoms with Crippen LogP contribution >= 0.6 is 0 Å². The van der Waals surface area contributed by atoms with Crippen LogP contribution in [0.3, 0.4) is 0 Å². The van der Waals surface area contributed by atoms with Crippen molar-refractivity contribution >= 4 is 17.6 Å². The van der Waals surface area contributed by atoms with Gasteiger partial charge in [0.05, 0.1) is 12.8 Å². The van der Waals surface area contributed by atoms with Gasteiger partial charge in [-0.2, -0.15) is 0 Å². The first-order chi connectivity index (χ1) is 6.19. The summed E-state index contributed by atoms with van der Waals surface area (Å²) in [5.41, 5.74) is 13.4. The Labute approximate surface area is 84.6 Å². The number of nitrogen functional groups attached to an aromatic ring is 2. The lowest BCUT2D eigenvalue weighted by Gasteiger charge is -2.07. The maximum Gasteiger partial charge on any atom is 0.143 e. The van der Waals surface area contributed by atoms with Crippen molar-refractivity contribution in [1.29, 1.82) is 0 Å². The van der Waals surface area contributed by atoms with Gasteiger partial charge >= 0.3 is 0 Å². The van der Waals surface area contributed by atoms with Gasteiger partial charge in [-0.15, -0.1) is 0 Å². The number of rotatable bonds is 2. The molecule has 0 aromatic heterocycles. The van der Waals surface area contributed by atoms with Gasteiger partial charge in [-0.1, -0.05) is 7.43 Å². The predicted octanol–water partition coefficient (Wildman–Crippen LogP) is 1.54. The van der Waals surface area contributed by atoms with E-state index in [1.165, 1.54) is 0 Å². The number of hydrogen-bond acceptors (Lipinski definition) is 4. The van der Waals surface area contributed by atoms with Gasteiger partial charge in [-0.05, 0) is 6.07 Å². The van der Waals surface area contributed by atoms with E-state index in [-0.39, 0.29) is 7.43 Å². The Bertz CT molecular complexity index is 334. The molecular weight excluding hydrogens is 178 g/mol. The second kappa shape index (κ2) is 5.11. The number of hydrogen-bond donors (Lipinski definition) is 2. The van der Waals surface area contributed by atoms with Crippen molar-refractivity contribution in [3.8, 4) is 5.75 Å². The standard InChI is InChI=1S/C9H13N3O.CH4/c1-12-5-6-3-8(11)9(13-2)4-7(6)10;/h3-5H,10-11H2,1-2H3;1H4. The Morgan fingerprint density at radius 3 is 2.43 bits per heavy atom. The topological polar surface area (TPSA) is 73.6 Å². The van der Waals surface area contributed by atoms with E-state index in [0.717, 1.165) is 5.56 Å². The Morgan fingerprint density at radius 2 is 1.93 bits per heavy atom. The van der Waals surface area contributed by atoms with Gasteiger partial charge in [0.2, 0.25) is 0 Å². The lowest BCUT2D eigenvalue weighted by atomic mass is 10.1. The van der Waals surface area contributed by atoms with Crippen LogP contribution in [-0.4, -0.2) is 20.4 Å². The molecule has 0 atom stereocenters. The van der Waals surface area contributed by atoms with E-state index in [4.69, 9.17) is 16.2 Å². The molecule has 0 radical (unpaired) electrons. The smallest absolute Gasteiger partial charge is 0.143 e. The van der Waals surface area contributed by atoms with E-state index in [1.54, 1.807) is 32.5 Å². The van der Waals surface area contributed by atoms with Crippen molar-refractivity contribution in [2.75, 3.05) is 25.6 Å². The summed E-state index contributed by atoms with van der Waals surface area (Å²) in [5, 5.41) is 0. The van der Waals surface area contributed by atoms with Crippen molar-refractivity contribution in [3.05, 3.63) is 17.7 Å². The fourth-order valence-corrected chi connectivity index (χ4v) is 1.06. The molecule has 0 amide bonds. The van der Waals surface area contributed by atoms with Crippen LogP contribution < -0.4 is 16.2 Å². The average molecular weight is 195 g/mol. The highest BCUT2D eigenvalue weighted by Gasteiger charge is 2.03. The first kappa shape index (κ1) is 12.3. The second-order valence-corrected chi connectivity index (χ2v) is 2.61. The number of nitrogens with two attached hydrogens (primary N) is 2. The Hall–Kier alpha value is -1.71. The van der Waals surface area contributed by atoms with Crippen molar-refractivity contribution < 1.29 is 4.74 Å². The number of anilines is 2. The molecule has 4 N–H and O–H groups in total. The molecule has 0 saturated carbocycles. The molecule has 14 heavy (non-hydrogen) atoms. The van der Waals surface area contributed by atoms with Crippen molar-refractivity contribution in [2.24, 2.45) is 4.99 Å². The molecule has 0 aliphatic rings. The van der Waals surface area contributed by atoms with Crippen LogP contribution in [0.25, 0.3) is 0 Å². The minimum absolute atomic E-state index is 0. The molecule has 0 aliphatic carbocycles. The van der Waals surface area contributed by atoms with Crippen molar-refractivity contribution in [2.45, 2.75) is 7.43 Å². The van der Waals surface area contributed by atoms with Gasteiger partial charge in [-0.25, -0.2) is 0 Å². The fraction of sp³-hybridized carbons (Fsp3) is 0.300. The van der Waals surface area contributed by atoms with E-state index in [0.29, 0.717) is 17.1 Å². The number of nitrogens with zero attached hydrogens (tertiary/aromatic N) is 1. The highest BCUT2D eigenvalue weighted by molar-refractivity contribution is 5.89. The monoisotopic (exact) mass is 195 g/mol. The number of ether oxygens (including phenoxy) is 1. The third kappa shape index (κ3) is 2.39. The Morgan fingerprint density at radius 1 is 1.29 bits per heavy atom. The molecule has 0 heterocycles. The minimum Gasteiger partial charge on any atom is -0.495 e. The Balaban J connectivity index is 0.00000169. The normalized spacial score (nSPS) is 9.86. The predicted molar refractivity (Wildman–Crippen MR) is 62.1 cm³/mol. The highest BCUT2D eigenvalue weighted by atomic mass is 16.5. The minimum atomic E-state index is 0. The van der Waals surface area contributed by atoms with Crippen LogP contribution in [0.15, 0.2) is 17.1 Å². The molecule has 1 aromatic rings. The van der Waals surface area contributed by atoms with Crippen LogP contribution in [-0.2, 0) is 0 Å². The fourth-order valence-electron chi connectivity index (χ4n) is 1.06. The maximum atomic E-state index is 5.73. The van der Waals surface area contributed by atoms with E-state index < -0.39 is 0 Å². The average Bonchev–Trinajstić information content (AvgIpc) is 2.11. The lowest BCUT2D eigenvalue weighted by molar-refractivity contribution is 0.417. The third-order valence-corrected chi connectivity index (χ3v) is 1.70. The lowest BCUT2D eigenvalue weighted by Crippen LogP contribution is -1.99. The van der Waals surface area contributed by atoms with Crippen LogP contribution in [0, 0.1) is 0 Å². The summed E-state index contributed by atoms with van der Waals surface area (Å²) in [4.78, 5) is 3.86. The second-order valence-electron chi connectivity index (χ2n) is 2.61. The number of methoxy groups -OCH3 is 1. The maximum absolute atomic E-state index is 5.73. The van der Waals surface area contributed by atoms with Crippen LogP contribution in [0.2, 0.25) is 0 Å². The van der Waals surface area contributed by atoms with Gasteiger partial charge in [0.15, 0.2) is 0 Å². The van der Waals surface area contributed by atoms with E-state index in [1.807, 2.05) is 0 Å². The van der Waals surface area contributed by atoms with Crippen molar-refractivity contribution in [3.63, 3.8) is 0 Å². The van der Waals surface area contributed by atoms with Gasteiger partial charge < -0.3 is 16.2 Å². The number of benzene rings is 1. The summed E-state index contributed by atoms with van der Waals surface area (Å²) >= 11 is 0. The molecular formula is C10H17N3O. The zero-order valence-electron chi connectivity index (χ0n) is 7.74. The molecule has 4 nitrogen and oxygen atoms in total. The largest absolute Gasteiger partial charge is 0.495 e. The SMILES string of the molecule is C.CN=Cc1cc(N)c(OC)cc1N. The van der Waals surface area contributed by atoms with Gasteiger partial charge in [0.1, 0.15) is 5.75 Å². The van der Waals surface area contributed by atoms with Crippen LogP contribution in [0.5, 0.6) is 5.75 Å². The highest BCUT2D eigenvalue weighted by Crippen LogP contribution is 2.26. The summed E-state index contributed by atoms with van der Waals surface area (Å²) in [6.45, 7) is 0. The first-order valence-corrected chi connectivity index (χ1v) is 3.84. The van der Waals surface area contributed by atoms with Gasteiger partial charge in [0, 0.05) is 30.6 Å².